The SMILES string of the molecule is COC(=O)CCCCCNC(=O)COc1cc(O)c2c(c1)OC(c1ccccc1)CC2=O. The van der Waals surface area contributed by atoms with Crippen LogP contribution < -0.4 is 14.8 Å². The predicted molar refractivity (Wildman–Crippen MR) is 116 cm³/mol. The number of benzene rings is 2. The third-order valence-corrected chi connectivity index (χ3v) is 5.12. The number of hydrogen-bond donors (Lipinski definition) is 2. The van der Waals surface area contributed by atoms with Crippen LogP contribution in [0.15, 0.2) is 42.5 Å². The molecule has 8 heteroatoms. The Kier molecular flexibility index (Phi) is 8.08. The molecule has 0 bridgehead atoms. The van der Waals surface area contributed by atoms with Crippen molar-refractivity contribution < 1.29 is 33.7 Å². The van der Waals surface area contributed by atoms with Crippen LogP contribution in [0.3, 0.4) is 0 Å². The first kappa shape index (κ1) is 23.1. The lowest BCUT2D eigenvalue weighted by Gasteiger charge is -2.26. The second kappa shape index (κ2) is 11.2. The Balaban J connectivity index is 1.51. The minimum absolute atomic E-state index is 0.126. The van der Waals surface area contributed by atoms with E-state index in [1.54, 1.807) is 0 Å². The quantitative estimate of drug-likeness (QED) is 0.430. The number of aromatic hydroxyl groups is 1. The van der Waals surface area contributed by atoms with E-state index in [9.17, 15) is 19.5 Å². The first-order valence-corrected chi connectivity index (χ1v) is 10.6. The molecule has 1 unspecified atom stereocenters. The van der Waals surface area contributed by atoms with Crippen LogP contribution in [-0.2, 0) is 14.3 Å². The minimum Gasteiger partial charge on any atom is -0.507 e. The monoisotopic (exact) mass is 441 g/mol. The van der Waals surface area contributed by atoms with Gasteiger partial charge in [-0.3, -0.25) is 14.4 Å². The fourth-order valence-corrected chi connectivity index (χ4v) is 3.45. The van der Waals surface area contributed by atoms with Crippen molar-refractivity contribution in [2.45, 2.75) is 38.2 Å². The standard InChI is InChI=1S/C24H27NO7/c1-30-23(29)10-6-3-7-11-25-22(28)15-31-17-12-18(26)24-19(27)14-20(32-21(24)13-17)16-8-4-2-5-9-16/h2,4-5,8-9,12-13,20,26H,3,6-7,10-11,14-15H2,1H3,(H,25,28). The molecule has 0 aromatic heterocycles. The summed E-state index contributed by atoms with van der Waals surface area (Å²) >= 11 is 0. The van der Waals surface area contributed by atoms with E-state index in [0.29, 0.717) is 19.4 Å². The molecule has 0 fully saturated rings. The third-order valence-electron chi connectivity index (χ3n) is 5.12. The Bertz CT molecular complexity index is 958. The molecule has 0 spiro atoms. The fourth-order valence-electron chi connectivity index (χ4n) is 3.45. The first-order valence-electron chi connectivity index (χ1n) is 10.6. The molecule has 2 aromatic rings. The highest BCUT2D eigenvalue weighted by atomic mass is 16.5. The highest BCUT2D eigenvalue weighted by molar-refractivity contribution is 6.02. The molecule has 0 aliphatic carbocycles. The number of phenolic OH excluding ortho intramolecular Hbond substituents is 1. The van der Waals surface area contributed by atoms with Crippen LogP contribution in [0.25, 0.3) is 0 Å². The van der Waals surface area contributed by atoms with Crippen LogP contribution in [0, 0.1) is 0 Å². The number of unbranched alkanes of at least 4 members (excludes halogenated alkanes) is 2. The van der Waals surface area contributed by atoms with E-state index in [0.717, 1.165) is 18.4 Å². The van der Waals surface area contributed by atoms with Crippen molar-refractivity contribution in [3.8, 4) is 17.2 Å². The topological polar surface area (TPSA) is 111 Å². The smallest absolute Gasteiger partial charge is 0.305 e. The summed E-state index contributed by atoms with van der Waals surface area (Å²) in [6.45, 7) is 0.228. The van der Waals surface area contributed by atoms with E-state index >= 15 is 0 Å². The number of carbonyl (C=O) groups is 3. The molecule has 2 aromatic carbocycles. The van der Waals surface area contributed by atoms with Gasteiger partial charge in [-0.25, -0.2) is 0 Å². The van der Waals surface area contributed by atoms with E-state index < -0.39 is 6.10 Å². The van der Waals surface area contributed by atoms with Gasteiger partial charge in [0, 0.05) is 25.1 Å². The highest BCUT2D eigenvalue weighted by Crippen LogP contribution is 2.41. The van der Waals surface area contributed by atoms with E-state index in [1.165, 1.54) is 19.2 Å². The number of rotatable bonds is 10. The number of fused-ring (bicyclic) bond motifs is 1. The Morgan fingerprint density at radius 3 is 2.69 bits per heavy atom. The summed E-state index contributed by atoms with van der Waals surface area (Å²) in [4.78, 5) is 35.6. The zero-order valence-electron chi connectivity index (χ0n) is 18.0. The summed E-state index contributed by atoms with van der Waals surface area (Å²) in [6, 6.07) is 12.2. The average Bonchev–Trinajstić information content (AvgIpc) is 2.79. The third kappa shape index (κ3) is 6.23. The molecule has 8 nitrogen and oxygen atoms in total. The molecule has 1 aliphatic heterocycles. The lowest BCUT2D eigenvalue weighted by atomic mass is 9.95. The average molecular weight is 441 g/mol. The molecule has 1 amide bonds. The number of hydrogen-bond acceptors (Lipinski definition) is 7. The number of phenols is 1. The number of methoxy groups -OCH3 is 1. The second-order valence-corrected chi connectivity index (χ2v) is 7.49. The Labute approximate surface area is 186 Å². The fraction of sp³-hybridized carbons (Fsp3) is 0.375. The molecule has 32 heavy (non-hydrogen) atoms. The van der Waals surface area contributed by atoms with E-state index in [-0.39, 0.29) is 53.5 Å². The molecular formula is C24H27NO7. The minimum atomic E-state index is -0.451. The molecule has 2 N–H and O–H groups in total. The molecule has 1 heterocycles. The van der Waals surface area contributed by atoms with Gasteiger partial charge in [0.15, 0.2) is 12.4 Å². The normalized spacial score (nSPS) is 14.8. The summed E-state index contributed by atoms with van der Waals surface area (Å²) in [5.41, 5.74) is 0.990. The summed E-state index contributed by atoms with van der Waals surface area (Å²) in [6.07, 6.45) is 2.28. The van der Waals surface area contributed by atoms with Gasteiger partial charge in [0.2, 0.25) is 0 Å². The van der Waals surface area contributed by atoms with Crippen molar-refractivity contribution in [3.63, 3.8) is 0 Å². The van der Waals surface area contributed by atoms with Gasteiger partial charge in [0.05, 0.1) is 13.5 Å². The van der Waals surface area contributed by atoms with E-state index in [1.807, 2.05) is 30.3 Å². The number of carbonyl (C=O) groups excluding carboxylic acids is 3. The van der Waals surface area contributed by atoms with Crippen LogP contribution in [0.2, 0.25) is 0 Å². The van der Waals surface area contributed by atoms with Gasteiger partial charge in [0.25, 0.3) is 5.91 Å². The van der Waals surface area contributed by atoms with Gasteiger partial charge in [-0.2, -0.15) is 0 Å². The van der Waals surface area contributed by atoms with Crippen molar-refractivity contribution in [2.24, 2.45) is 0 Å². The lowest BCUT2D eigenvalue weighted by Crippen LogP contribution is -2.29. The molecule has 3 rings (SSSR count). The molecular weight excluding hydrogens is 414 g/mol. The number of ketones is 1. The summed E-state index contributed by atoms with van der Waals surface area (Å²) < 4.78 is 16.0. The van der Waals surface area contributed by atoms with Crippen LogP contribution in [0.1, 0.15) is 54.1 Å². The van der Waals surface area contributed by atoms with Gasteiger partial charge >= 0.3 is 5.97 Å². The molecule has 1 aliphatic rings. The number of amides is 1. The van der Waals surface area contributed by atoms with Crippen LogP contribution >= 0.6 is 0 Å². The number of esters is 1. The largest absolute Gasteiger partial charge is 0.507 e. The Hall–Kier alpha value is -3.55. The van der Waals surface area contributed by atoms with Gasteiger partial charge in [-0.05, 0) is 18.4 Å². The van der Waals surface area contributed by atoms with Crippen molar-refractivity contribution in [3.05, 3.63) is 53.6 Å². The Morgan fingerprint density at radius 1 is 1.16 bits per heavy atom. The zero-order valence-corrected chi connectivity index (χ0v) is 18.0. The van der Waals surface area contributed by atoms with E-state index in [4.69, 9.17) is 9.47 Å². The van der Waals surface area contributed by atoms with Crippen molar-refractivity contribution >= 4 is 17.7 Å². The molecule has 0 saturated carbocycles. The zero-order chi connectivity index (χ0) is 22.9. The van der Waals surface area contributed by atoms with Gasteiger partial charge < -0.3 is 24.6 Å². The molecule has 1 atom stereocenters. The van der Waals surface area contributed by atoms with Crippen molar-refractivity contribution in [2.75, 3.05) is 20.3 Å². The number of nitrogens with one attached hydrogen (secondary N) is 1. The summed E-state index contributed by atoms with van der Waals surface area (Å²) in [5, 5.41) is 13.0. The van der Waals surface area contributed by atoms with Gasteiger partial charge in [-0.15, -0.1) is 0 Å². The lowest BCUT2D eigenvalue weighted by molar-refractivity contribution is -0.140. The second-order valence-electron chi connectivity index (χ2n) is 7.49. The predicted octanol–water partition coefficient (Wildman–Crippen LogP) is 3.33. The number of Topliss-reactive ketones (excluding diaryl/α,β-unsaturated/α-hetero) is 1. The van der Waals surface area contributed by atoms with Gasteiger partial charge in [0.1, 0.15) is 28.9 Å². The molecule has 0 radical (unpaired) electrons. The van der Waals surface area contributed by atoms with Crippen molar-refractivity contribution in [1.82, 2.24) is 5.32 Å². The maximum atomic E-state index is 12.5. The van der Waals surface area contributed by atoms with Gasteiger partial charge in [-0.1, -0.05) is 36.8 Å². The highest BCUT2D eigenvalue weighted by Gasteiger charge is 2.30. The van der Waals surface area contributed by atoms with E-state index in [2.05, 4.69) is 10.1 Å². The van der Waals surface area contributed by atoms with Crippen LogP contribution in [-0.4, -0.2) is 43.0 Å². The summed E-state index contributed by atoms with van der Waals surface area (Å²) in [5.74, 6) is -0.535. The maximum Gasteiger partial charge on any atom is 0.305 e. The molecule has 0 saturated heterocycles. The maximum absolute atomic E-state index is 12.5. The summed E-state index contributed by atoms with van der Waals surface area (Å²) in [7, 11) is 1.36. The van der Waals surface area contributed by atoms with Crippen LogP contribution in [0.4, 0.5) is 0 Å². The molecule has 170 valence electrons. The first-order chi connectivity index (χ1) is 15.5. The number of ether oxygens (including phenoxy) is 3. The van der Waals surface area contributed by atoms with Crippen molar-refractivity contribution in [1.29, 1.82) is 0 Å². The Morgan fingerprint density at radius 2 is 1.94 bits per heavy atom. The van der Waals surface area contributed by atoms with Crippen LogP contribution in [0.5, 0.6) is 17.2 Å².